The highest BCUT2D eigenvalue weighted by atomic mass is 127. The number of para-hydroxylation sites is 2. The smallest absolute Gasteiger partial charge is 0.328 e. The fourth-order valence-corrected chi connectivity index (χ4v) is 3.84. The van der Waals surface area contributed by atoms with E-state index in [0.29, 0.717) is 13.1 Å². The molecular formula is C20H17IN4O2. The van der Waals surface area contributed by atoms with Crippen LogP contribution in [0.25, 0.3) is 0 Å². The van der Waals surface area contributed by atoms with E-state index in [1.165, 1.54) is 0 Å². The van der Waals surface area contributed by atoms with E-state index >= 15 is 0 Å². The van der Waals surface area contributed by atoms with Crippen LogP contribution in [-0.2, 0) is 10.3 Å². The number of carbonyl (C=O) groups excluding carboxylic acids is 2. The van der Waals surface area contributed by atoms with Gasteiger partial charge in [-0.05, 0) is 64.6 Å². The van der Waals surface area contributed by atoms with Crippen molar-refractivity contribution in [1.82, 2.24) is 5.32 Å². The van der Waals surface area contributed by atoms with Crippen LogP contribution in [0.1, 0.15) is 5.56 Å². The number of hydrogen-bond acceptors (Lipinski definition) is 4. The maximum absolute atomic E-state index is 13.1. The molecule has 2 aromatic carbocycles. The third kappa shape index (κ3) is 3.23. The number of allylic oxidation sites excluding steroid dienone is 1. The van der Waals surface area contributed by atoms with Crippen LogP contribution in [0.15, 0.2) is 65.7 Å². The van der Waals surface area contributed by atoms with Gasteiger partial charge in [-0.2, -0.15) is 0 Å². The summed E-state index contributed by atoms with van der Waals surface area (Å²) in [4.78, 5) is 31.9. The van der Waals surface area contributed by atoms with Gasteiger partial charge in [0.15, 0.2) is 5.54 Å². The van der Waals surface area contributed by atoms with Crippen molar-refractivity contribution in [3.63, 3.8) is 0 Å². The third-order valence-corrected chi connectivity index (χ3v) is 5.29. The van der Waals surface area contributed by atoms with E-state index in [4.69, 9.17) is 0 Å². The molecule has 0 bridgehead atoms. The molecule has 2 aliphatic heterocycles. The van der Waals surface area contributed by atoms with E-state index in [1.807, 2.05) is 48.5 Å². The number of rotatable bonds is 2. The second-order valence-electron chi connectivity index (χ2n) is 6.27. The molecule has 1 unspecified atom stereocenters. The summed E-state index contributed by atoms with van der Waals surface area (Å²) in [5.41, 5.74) is 1.13. The lowest BCUT2D eigenvalue weighted by atomic mass is 9.90. The Morgan fingerprint density at radius 2 is 2.04 bits per heavy atom. The Bertz CT molecular complexity index is 958. The van der Waals surface area contributed by atoms with Gasteiger partial charge in [-0.1, -0.05) is 24.3 Å². The number of hydrogen-bond donors (Lipinski definition) is 2. The third-order valence-electron chi connectivity index (χ3n) is 4.62. The van der Waals surface area contributed by atoms with Gasteiger partial charge in [-0.15, -0.1) is 0 Å². The second-order valence-corrected chi connectivity index (χ2v) is 7.51. The van der Waals surface area contributed by atoms with Gasteiger partial charge in [0.1, 0.15) is 0 Å². The summed E-state index contributed by atoms with van der Waals surface area (Å²) in [5.74, 6) is -0.462. The molecule has 2 aromatic rings. The van der Waals surface area contributed by atoms with Gasteiger partial charge in [0.25, 0.3) is 5.91 Å². The van der Waals surface area contributed by atoms with E-state index in [-0.39, 0.29) is 0 Å². The van der Waals surface area contributed by atoms with Gasteiger partial charge in [-0.25, -0.2) is 4.79 Å². The Morgan fingerprint density at radius 3 is 2.81 bits per heavy atom. The lowest BCUT2D eigenvalue weighted by molar-refractivity contribution is -0.123. The molecule has 0 saturated carbocycles. The molecular weight excluding hydrogens is 455 g/mol. The average Bonchev–Trinajstić information content (AvgIpc) is 3.19. The van der Waals surface area contributed by atoms with Gasteiger partial charge in [0.05, 0.1) is 11.4 Å². The van der Waals surface area contributed by atoms with Crippen LogP contribution < -0.4 is 15.5 Å². The maximum Gasteiger partial charge on any atom is 0.328 e. The molecule has 0 radical (unpaired) electrons. The molecule has 2 heterocycles. The Hall–Kier alpha value is -2.68. The summed E-state index contributed by atoms with van der Waals surface area (Å²) < 4.78 is 0.995. The van der Waals surface area contributed by atoms with Crippen molar-refractivity contribution in [2.75, 3.05) is 23.3 Å². The number of fused-ring (bicyclic) bond motifs is 1. The number of anilines is 2. The normalized spacial score (nSPS) is 20.1. The fourth-order valence-electron chi connectivity index (χ4n) is 3.30. The number of aliphatic imine (C=N–C) groups is 1. The van der Waals surface area contributed by atoms with Crippen molar-refractivity contribution in [3.05, 3.63) is 69.8 Å². The Balaban J connectivity index is 1.61. The lowest BCUT2D eigenvalue weighted by Crippen LogP contribution is -2.51. The molecule has 2 N–H and O–H groups in total. The predicted molar refractivity (Wildman–Crippen MR) is 114 cm³/mol. The summed E-state index contributed by atoms with van der Waals surface area (Å²) in [5, 5.41) is 5.80. The highest BCUT2D eigenvalue weighted by molar-refractivity contribution is 14.1. The lowest BCUT2D eigenvalue weighted by Gasteiger charge is -2.31. The first-order valence-corrected chi connectivity index (χ1v) is 9.63. The van der Waals surface area contributed by atoms with Crippen LogP contribution >= 0.6 is 22.6 Å². The molecule has 0 fully saturated rings. The summed E-state index contributed by atoms with van der Waals surface area (Å²) in [6.45, 7) is 1.10. The molecule has 0 saturated heterocycles. The number of carbonyl (C=O) groups is 2. The van der Waals surface area contributed by atoms with Gasteiger partial charge < -0.3 is 5.32 Å². The number of benzene rings is 2. The van der Waals surface area contributed by atoms with E-state index in [2.05, 4.69) is 38.2 Å². The SMILES string of the molecule is O=C(NC(=O)C1(c2cccc(I)c2)C=CC=N1)N1CCNc2ccccc21. The number of urea groups is 1. The largest absolute Gasteiger partial charge is 0.382 e. The zero-order valence-corrected chi connectivity index (χ0v) is 16.5. The van der Waals surface area contributed by atoms with Crippen molar-refractivity contribution >= 4 is 52.1 Å². The van der Waals surface area contributed by atoms with Gasteiger partial charge in [-0.3, -0.25) is 20.0 Å². The zero-order chi connectivity index (χ0) is 18.9. The molecule has 0 spiro atoms. The second kappa shape index (κ2) is 7.15. The van der Waals surface area contributed by atoms with Crippen molar-refractivity contribution in [2.24, 2.45) is 4.99 Å². The quantitative estimate of drug-likeness (QED) is 0.660. The minimum Gasteiger partial charge on any atom is -0.382 e. The molecule has 0 aromatic heterocycles. The molecule has 1 atom stereocenters. The molecule has 7 heteroatoms. The highest BCUT2D eigenvalue weighted by Crippen LogP contribution is 2.32. The van der Waals surface area contributed by atoms with Crippen LogP contribution in [0.4, 0.5) is 16.2 Å². The van der Waals surface area contributed by atoms with E-state index < -0.39 is 17.5 Å². The first-order chi connectivity index (χ1) is 13.1. The molecule has 6 nitrogen and oxygen atoms in total. The molecule has 0 aliphatic carbocycles. The Kier molecular flexibility index (Phi) is 4.69. The van der Waals surface area contributed by atoms with Crippen LogP contribution in [0.3, 0.4) is 0 Å². The molecule has 4 rings (SSSR count). The van der Waals surface area contributed by atoms with Crippen molar-refractivity contribution < 1.29 is 9.59 Å². The van der Waals surface area contributed by atoms with Gasteiger partial charge in [0, 0.05) is 22.9 Å². The number of halogens is 1. The molecule has 27 heavy (non-hydrogen) atoms. The van der Waals surface area contributed by atoms with Crippen molar-refractivity contribution in [3.8, 4) is 0 Å². The van der Waals surface area contributed by atoms with Crippen LogP contribution in [0.2, 0.25) is 0 Å². The van der Waals surface area contributed by atoms with Crippen LogP contribution in [0.5, 0.6) is 0 Å². The monoisotopic (exact) mass is 472 g/mol. The highest BCUT2D eigenvalue weighted by Gasteiger charge is 2.40. The summed E-state index contributed by atoms with van der Waals surface area (Å²) in [6, 6.07) is 14.7. The minimum absolute atomic E-state index is 0.450. The van der Waals surface area contributed by atoms with E-state index in [1.54, 1.807) is 23.3 Å². The summed E-state index contributed by atoms with van der Waals surface area (Å²) >= 11 is 2.19. The average molecular weight is 472 g/mol. The fraction of sp³-hybridized carbons (Fsp3) is 0.150. The topological polar surface area (TPSA) is 73.8 Å². The Morgan fingerprint density at radius 1 is 1.19 bits per heavy atom. The molecule has 3 amide bonds. The summed E-state index contributed by atoms with van der Waals surface area (Å²) in [6.07, 6.45) is 5.03. The van der Waals surface area contributed by atoms with Gasteiger partial charge in [0.2, 0.25) is 0 Å². The van der Waals surface area contributed by atoms with Crippen LogP contribution in [0, 0.1) is 3.57 Å². The number of amides is 3. The van der Waals surface area contributed by atoms with Crippen LogP contribution in [-0.4, -0.2) is 31.2 Å². The van der Waals surface area contributed by atoms with Gasteiger partial charge >= 0.3 is 6.03 Å². The van der Waals surface area contributed by atoms with E-state index in [9.17, 15) is 9.59 Å². The Labute approximate surface area is 170 Å². The molecule has 136 valence electrons. The molecule has 2 aliphatic rings. The number of imide groups is 1. The minimum atomic E-state index is -1.22. The van der Waals surface area contributed by atoms with Crippen molar-refractivity contribution in [1.29, 1.82) is 0 Å². The zero-order valence-electron chi connectivity index (χ0n) is 14.4. The van der Waals surface area contributed by atoms with Crippen molar-refractivity contribution in [2.45, 2.75) is 5.54 Å². The first-order valence-electron chi connectivity index (χ1n) is 8.55. The number of nitrogens with zero attached hydrogens (tertiary/aromatic N) is 2. The maximum atomic E-state index is 13.1. The standard InChI is InChI=1S/C20H17IN4O2/c21-15-6-3-5-14(13-15)20(9-4-10-23-20)18(26)24-19(27)25-12-11-22-16-7-1-2-8-17(16)25/h1-10,13,22H,11-12H2,(H,24,26,27). The number of nitrogens with one attached hydrogen (secondary N) is 2. The first kappa shape index (κ1) is 17.7. The predicted octanol–water partition coefficient (Wildman–Crippen LogP) is 3.30. The van der Waals surface area contributed by atoms with E-state index in [0.717, 1.165) is 20.5 Å². The summed E-state index contributed by atoms with van der Waals surface area (Å²) in [7, 11) is 0.